The van der Waals surface area contributed by atoms with Gasteiger partial charge in [0.05, 0.1) is 20.3 Å². The smallest absolute Gasteiger partial charge is 0.416 e. The van der Waals surface area contributed by atoms with Crippen LogP contribution in [0, 0.1) is 0 Å². The van der Waals surface area contributed by atoms with Gasteiger partial charge in [-0.05, 0) is 49.5 Å². The number of carbonyl (C=O) groups excluding carboxylic acids is 3. The van der Waals surface area contributed by atoms with Crippen molar-refractivity contribution in [1.29, 1.82) is 0 Å². The lowest BCUT2D eigenvalue weighted by atomic mass is 9.97. The molecule has 4 rings (SSSR count). The molecule has 0 bridgehead atoms. The third-order valence-electron chi connectivity index (χ3n) is 6.38. The van der Waals surface area contributed by atoms with Crippen molar-refractivity contribution in [3.05, 3.63) is 83.7 Å². The first-order chi connectivity index (χ1) is 17.5. The maximum atomic E-state index is 13.8. The van der Waals surface area contributed by atoms with Crippen molar-refractivity contribution < 1.29 is 28.6 Å². The molecule has 1 heterocycles. The molecule has 8 nitrogen and oxygen atoms in total. The SMILES string of the molecule is COC(=O)/C=C(\C(=O)OC)N1C=Cc2ccccc2C1N(C(=O)OC1CCCCC1)c1ccccc1. The van der Waals surface area contributed by atoms with E-state index in [1.165, 1.54) is 19.1 Å². The number of anilines is 1. The maximum Gasteiger partial charge on any atom is 0.416 e. The van der Waals surface area contributed by atoms with E-state index in [1.54, 1.807) is 11.1 Å². The van der Waals surface area contributed by atoms with E-state index >= 15 is 0 Å². The fourth-order valence-corrected chi connectivity index (χ4v) is 4.60. The van der Waals surface area contributed by atoms with Crippen LogP contribution in [0.3, 0.4) is 0 Å². The van der Waals surface area contributed by atoms with Crippen LogP contribution in [-0.4, -0.2) is 43.3 Å². The van der Waals surface area contributed by atoms with Gasteiger partial charge in [-0.1, -0.05) is 48.9 Å². The first kappa shape index (κ1) is 25.0. The molecule has 2 aliphatic rings. The molecule has 2 aromatic carbocycles. The molecule has 1 fully saturated rings. The highest BCUT2D eigenvalue weighted by Gasteiger charge is 2.39. The van der Waals surface area contributed by atoms with Crippen LogP contribution in [-0.2, 0) is 23.8 Å². The molecular weight excluding hydrogens is 460 g/mol. The van der Waals surface area contributed by atoms with Crippen LogP contribution in [0.5, 0.6) is 0 Å². The Hall–Kier alpha value is -4.07. The maximum absolute atomic E-state index is 13.8. The van der Waals surface area contributed by atoms with Crippen molar-refractivity contribution in [1.82, 2.24) is 4.90 Å². The van der Waals surface area contributed by atoms with Gasteiger partial charge in [-0.25, -0.2) is 14.4 Å². The highest BCUT2D eigenvalue weighted by atomic mass is 16.6. The number of benzene rings is 2. The molecule has 36 heavy (non-hydrogen) atoms. The van der Waals surface area contributed by atoms with Crippen LogP contribution < -0.4 is 4.90 Å². The summed E-state index contributed by atoms with van der Waals surface area (Å²) in [5.41, 5.74) is 2.13. The lowest BCUT2D eigenvalue weighted by molar-refractivity contribution is -0.140. The fourth-order valence-electron chi connectivity index (χ4n) is 4.60. The van der Waals surface area contributed by atoms with E-state index < -0.39 is 24.2 Å². The summed E-state index contributed by atoms with van der Waals surface area (Å²) in [6.07, 6.45) is 7.78. The topological polar surface area (TPSA) is 85.4 Å². The molecule has 1 aliphatic carbocycles. The van der Waals surface area contributed by atoms with Crippen LogP contribution in [0.15, 0.2) is 72.6 Å². The first-order valence-corrected chi connectivity index (χ1v) is 12.0. The van der Waals surface area contributed by atoms with Gasteiger partial charge >= 0.3 is 18.0 Å². The summed E-state index contributed by atoms with van der Waals surface area (Å²) < 4.78 is 15.8. The third kappa shape index (κ3) is 5.43. The van der Waals surface area contributed by atoms with E-state index in [1.807, 2.05) is 60.7 Å². The van der Waals surface area contributed by atoms with Crippen LogP contribution in [0.25, 0.3) is 6.08 Å². The molecular formula is C28H30N2O6. The van der Waals surface area contributed by atoms with Gasteiger partial charge in [0.2, 0.25) is 0 Å². The van der Waals surface area contributed by atoms with Crippen molar-refractivity contribution in [2.75, 3.05) is 19.1 Å². The Morgan fingerprint density at radius 1 is 0.917 bits per heavy atom. The van der Waals surface area contributed by atoms with Gasteiger partial charge in [-0.15, -0.1) is 0 Å². The van der Waals surface area contributed by atoms with Gasteiger partial charge in [-0.3, -0.25) is 4.90 Å². The highest BCUT2D eigenvalue weighted by molar-refractivity contribution is 5.97. The average Bonchev–Trinajstić information content (AvgIpc) is 2.92. The van der Waals surface area contributed by atoms with Crippen molar-refractivity contribution in [3.63, 3.8) is 0 Å². The zero-order valence-electron chi connectivity index (χ0n) is 20.5. The van der Waals surface area contributed by atoms with E-state index in [2.05, 4.69) is 0 Å². The van der Waals surface area contributed by atoms with E-state index in [-0.39, 0.29) is 11.8 Å². The molecule has 1 amide bonds. The molecule has 1 atom stereocenters. The molecule has 2 aromatic rings. The zero-order chi connectivity index (χ0) is 25.5. The fraction of sp³-hybridized carbons (Fsp3) is 0.321. The van der Waals surface area contributed by atoms with Gasteiger partial charge in [-0.2, -0.15) is 0 Å². The zero-order valence-corrected chi connectivity index (χ0v) is 20.5. The number of ether oxygens (including phenoxy) is 3. The van der Waals surface area contributed by atoms with E-state index in [0.29, 0.717) is 5.69 Å². The second-order valence-corrected chi connectivity index (χ2v) is 8.62. The van der Waals surface area contributed by atoms with E-state index in [9.17, 15) is 14.4 Å². The monoisotopic (exact) mass is 490 g/mol. The Bertz CT molecular complexity index is 1150. The summed E-state index contributed by atoms with van der Waals surface area (Å²) in [7, 11) is 2.46. The Kier molecular flexibility index (Phi) is 8.05. The number of esters is 2. The molecule has 0 radical (unpaired) electrons. The van der Waals surface area contributed by atoms with Gasteiger partial charge in [0, 0.05) is 17.5 Å². The molecule has 8 heteroatoms. The molecule has 0 N–H and O–H groups in total. The predicted octanol–water partition coefficient (Wildman–Crippen LogP) is 5.18. The van der Waals surface area contributed by atoms with E-state index in [4.69, 9.17) is 14.2 Å². The quantitative estimate of drug-likeness (QED) is 0.313. The van der Waals surface area contributed by atoms with Crippen molar-refractivity contribution in [2.45, 2.75) is 44.4 Å². The Morgan fingerprint density at radius 3 is 2.31 bits per heavy atom. The number of nitrogens with zero attached hydrogens (tertiary/aromatic N) is 2. The number of methoxy groups -OCH3 is 2. The minimum atomic E-state index is -0.834. The third-order valence-corrected chi connectivity index (χ3v) is 6.38. The molecule has 188 valence electrons. The molecule has 1 unspecified atom stereocenters. The number of hydrogen-bond acceptors (Lipinski definition) is 7. The van der Waals surface area contributed by atoms with Gasteiger partial charge in [0.1, 0.15) is 18.0 Å². The number of para-hydroxylation sites is 1. The van der Waals surface area contributed by atoms with Crippen LogP contribution in [0.4, 0.5) is 10.5 Å². The van der Waals surface area contributed by atoms with Gasteiger partial charge in [0.15, 0.2) is 0 Å². The second-order valence-electron chi connectivity index (χ2n) is 8.62. The summed E-state index contributed by atoms with van der Waals surface area (Å²) in [4.78, 5) is 42.0. The van der Waals surface area contributed by atoms with Gasteiger partial charge in [0.25, 0.3) is 0 Å². The minimum Gasteiger partial charge on any atom is -0.466 e. The molecule has 1 saturated carbocycles. The molecule has 0 aromatic heterocycles. The number of amides is 1. The summed E-state index contributed by atoms with van der Waals surface area (Å²) in [6, 6.07) is 16.7. The number of carbonyl (C=O) groups is 3. The van der Waals surface area contributed by atoms with Crippen LogP contribution in [0.2, 0.25) is 0 Å². The van der Waals surface area contributed by atoms with Crippen LogP contribution >= 0.6 is 0 Å². The van der Waals surface area contributed by atoms with Crippen molar-refractivity contribution >= 4 is 29.8 Å². The summed E-state index contributed by atoms with van der Waals surface area (Å²) in [5, 5.41) is 0. The summed E-state index contributed by atoms with van der Waals surface area (Å²) >= 11 is 0. The van der Waals surface area contributed by atoms with E-state index in [0.717, 1.165) is 49.3 Å². The Morgan fingerprint density at radius 2 is 1.61 bits per heavy atom. The van der Waals surface area contributed by atoms with Crippen molar-refractivity contribution in [3.8, 4) is 0 Å². The number of fused-ring (bicyclic) bond motifs is 1. The summed E-state index contributed by atoms with van der Waals surface area (Å²) in [5.74, 6) is -1.47. The van der Waals surface area contributed by atoms with Crippen LogP contribution in [0.1, 0.15) is 49.4 Å². The lowest BCUT2D eigenvalue weighted by Crippen LogP contribution is -2.46. The number of hydrogen-bond donors (Lipinski definition) is 0. The first-order valence-electron chi connectivity index (χ1n) is 12.0. The highest BCUT2D eigenvalue weighted by Crippen LogP contribution is 2.39. The molecule has 0 spiro atoms. The van der Waals surface area contributed by atoms with Gasteiger partial charge < -0.3 is 19.1 Å². The minimum absolute atomic E-state index is 0.0773. The van der Waals surface area contributed by atoms with Crippen molar-refractivity contribution in [2.24, 2.45) is 0 Å². The summed E-state index contributed by atoms with van der Waals surface area (Å²) in [6.45, 7) is 0. The Balaban J connectivity index is 1.85. The predicted molar refractivity (Wildman–Crippen MR) is 134 cm³/mol. The Labute approximate surface area is 210 Å². The normalized spacial score (nSPS) is 17.7. The standard InChI is InChI=1S/C28H30N2O6/c1-34-25(31)19-24(27(32)35-2)29-18-17-20-11-9-10-16-23(20)26(29)30(21-12-5-3-6-13-21)28(33)36-22-14-7-4-8-15-22/h3,5-6,9-13,16-19,22,26H,4,7-8,14-15H2,1-2H3/b24-19+. The average molecular weight is 491 g/mol. The second kappa shape index (κ2) is 11.6. The molecule has 0 saturated heterocycles. The molecule has 1 aliphatic heterocycles. The largest absolute Gasteiger partial charge is 0.466 e. The number of rotatable bonds is 6. The lowest BCUT2D eigenvalue weighted by Gasteiger charge is -2.42.